The summed E-state index contributed by atoms with van der Waals surface area (Å²) in [6.45, 7) is 0. The number of hydrogen-bond acceptors (Lipinski definition) is 4. The molecule has 0 amide bonds. The first-order valence-corrected chi connectivity index (χ1v) is 12.2. The highest BCUT2D eigenvalue weighted by molar-refractivity contribution is 7.39. The molecule has 0 radical (unpaired) electrons. The van der Waals surface area contributed by atoms with Crippen LogP contribution in [0.3, 0.4) is 0 Å². The lowest BCUT2D eigenvalue weighted by Crippen LogP contribution is -2.20. The summed E-state index contributed by atoms with van der Waals surface area (Å²) in [5.74, 6) is -4.14. The summed E-state index contributed by atoms with van der Waals surface area (Å²) in [6.07, 6.45) is 0. The van der Waals surface area contributed by atoms with Crippen molar-refractivity contribution in [3.63, 3.8) is 0 Å². The first kappa shape index (κ1) is 33.0. The van der Waals surface area contributed by atoms with Crippen LogP contribution in [0, 0.1) is 0 Å². The van der Waals surface area contributed by atoms with Gasteiger partial charge in [0.25, 0.3) is 3.79 Å². The lowest BCUT2D eigenvalue weighted by molar-refractivity contribution is 0.0686. The molecular weight excluding hydrogens is 654 g/mol. The van der Waals surface area contributed by atoms with Gasteiger partial charge in [-0.1, -0.05) is 104 Å². The summed E-state index contributed by atoms with van der Waals surface area (Å²) in [6, 6.07) is 5.52. The lowest BCUT2D eigenvalue weighted by atomic mass is 10.2. The van der Waals surface area contributed by atoms with Crippen LogP contribution in [-0.4, -0.2) is 41.8 Å². The largest absolute Gasteiger partial charge is 0.542 e. The number of halogens is 9. The van der Waals surface area contributed by atoms with Crippen molar-refractivity contribution in [2.45, 2.75) is 9.64 Å². The molecule has 0 aliphatic heterocycles. The highest BCUT2D eigenvalue weighted by atomic mass is 35.6. The molecule has 0 heterocycles. The number of hydrogen-bond donors (Lipinski definition) is 4. The van der Waals surface area contributed by atoms with E-state index in [1.54, 1.807) is 0 Å². The summed E-state index contributed by atoms with van der Waals surface area (Å²) in [5.41, 5.74) is -0.211. The van der Waals surface area contributed by atoms with Crippen LogP contribution in [0.25, 0.3) is 0 Å². The summed E-state index contributed by atoms with van der Waals surface area (Å²) in [4.78, 5) is 29.2. The van der Waals surface area contributed by atoms with E-state index < -0.39 is 29.6 Å². The Morgan fingerprint density at radius 2 is 1.18 bits per heavy atom. The molecule has 0 saturated carbocycles. The molecule has 7 nitrogen and oxygen atoms in total. The molecule has 2 aromatic rings. The first-order valence-electron chi connectivity index (χ1n) is 7.57. The van der Waals surface area contributed by atoms with E-state index in [0.717, 1.165) is 0 Å². The number of aliphatic hydroxyl groups is 1. The second kappa shape index (κ2) is 14.5. The third kappa shape index (κ3) is 10.7. The average Bonchev–Trinajstić information content (AvgIpc) is 2.68. The van der Waals surface area contributed by atoms with Gasteiger partial charge in [-0.15, -0.1) is 0 Å². The van der Waals surface area contributed by atoms with E-state index in [2.05, 4.69) is 0 Å². The SMILES string of the molecule is O=C(O)c1c(Cl)ccc(Cl)c1Cl.O=C(O)c1ccc(Cl)c(Cl)c1Cl.O=[P+](O)C(O)C(Cl)(Cl)Cl. The standard InChI is InChI=1S/2C7H3Cl3O2.C2H2Cl3O3P/c8-3-1-2-4(9)6(10)5(3)7(11)12;8-4-2-1-3(7(11)12)5(9)6(4)10;3-2(4,5)1(6)9(7)8/h2*1-2H,(H,11,12);1,6H/p+1. The Balaban J connectivity index is 0.000000472. The maximum Gasteiger partial charge on any atom is 0.542 e. The predicted octanol–water partition coefficient (Wildman–Crippen LogP) is 8.10. The number of carboxylic acid groups (broad SMARTS) is 2. The number of alkyl halides is 3. The minimum atomic E-state index is -2.84. The molecule has 0 aliphatic rings. The molecule has 0 aliphatic carbocycles. The van der Waals surface area contributed by atoms with E-state index in [9.17, 15) is 14.2 Å². The average molecular weight is 663 g/mol. The first-order chi connectivity index (χ1) is 14.9. The van der Waals surface area contributed by atoms with Gasteiger partial charge in [0, 0.05) is 0 Å². The highest BCUT2D eigenvalue weighted by Gasteiger charge is 2.45. The van der Waals surface area contributed by atoms with Gasteiger partial charge in [0.15, 0.2) is 0 Å². The fourth-order valence-corrected chi connectivity index (χ4v) is 3.85. The Morgan fingerprint density at radius 3 is 1.52 bits per heavy atom. The van der Waals surface area contributed by atoms with Crippen LogP contribution in [-0.2, 0) is 4.57 Å². The summed E-state index contributed by atoms with van der Waals surface area (Å²) in [5, 5.41) is 26.3. The van der Waals surface area contributed by atoms with Crippen molar-refractivity contribution in [2.24, 2.45) is 0 Å². The van der Waals surface area contributed by atoms with Crippen LogP contribution in [0.5, 0.6) is 0 Å². The van der Waals surface area contributed by atoms with Crippen molar-refractivity contribution in [2.75, 3.05) is 0 Å². The quantitative estimate of drug-likeness (QED) is 0.113. The van der Waals surface area contributed by atoms with E-state index in [4.69, 9.17) is 125 Å². The van der Waals surface area contributed by atoms with Crippen LogP contribution in [0.15, 0.2) is 24.3 Å². The molecule has 2 atom stereocenters. The Kier molecular flexibility index (Phi) is 14.5. The predicted molar refractivity (Wildman–Crippen MR) is 133 cm³/mol. The molecule has 2 aromatic carbocycles. The van der Waals surface area contributed by atoms with Gasteiger partial charge in [-0.25, -0.2) is 9.59 Å². The van der Waals surface area contributed by atoms with Crippen molar-refractivity contribution in [3.05, 3.63) is 65.5 Å². The van der Waals surface area contributed by atoms with E-state index >= 15 is 0 Å². The number of benzene rings is 2. The van der Waals surface area contributed by atoms with Gasteiger partial charge < -0.3 is 15.3 Å². The van der Waals surface area contributed by atoms with Crippen molar-refractivity contribution >= 4 is 124 Å². The number of aromatic carboxylic acids is 2. The molecule has 0 aromatic heterocycles. The third-order valence-corrected chi connectivity index (χ3v) is 7.32. The number of carbonyl (C=O) groups is 2. The summed E-state index contributed by atoms with van der Waals surface area (Å²) < 4.78 is 7.91. The van der Waals surface area contributed by atoms with Crippen molar-refractivity contribution in [3.8, 4) is 0 Å². The monoisotopic (exact) mass is 659 g/mol. The van der Waals surface area contributed by atoms with E-state index in [1.807, 2.05) is 0 Å². The minimum absolute atomic E-state index is 0.0309. The molecule has 0 bridgehead atoms. The van der Waals surface area contributed by atoms with Crippen molar-refractivity contribution in [1.29, 1.82) is 0 Å². The van der Waals surface area contributed by atoms with Gasteiger partial charge in [-0.3, -0.25) is 0 Å². The Labute approximate surface area is 232 Å². The molecule has 2 unspecified atom stereocenters. The van der Waals surface area contributed by atoms with Crippen molar-refractivity contribution in [1.82, 2.24) is 0 Å². The van der Waals surface area contributed by atoms with Crippen LogP contribution in [0.4, 0.5) is 0 Å². The number of carboxylic acids is 2. The Bertz CT molecular complexity index is 1040. The fraction of sp³-hybridized carbons (Fsp3) is 0.125. The third-order valence-electron chi connectivity index (χ3n) is 3.03. The van der Waals surface area contributed by atoms with Crippen LogP contribution in [0.2, 0.25) is 30.1 Å². The second-order valence-corrected chi connectivity index (χ2v) is 11.1. The van der Waals surface area contributed by atoms with Gasteiger partial charge in [0.05, 0.1) is 41.3 Å². The van der Waals surface area contributed by atoms with Gasteiger partial charge in [-0.05, 0) is 28.8 Å². The molecule has 17 heteroatoms. The maximum absolute atomic E-state index is 10.6. The number of aliphatic hydroxyl groups excluding tert-OH is 1. The Hall–Kier alpha value is 0.0100. The highest BCUT2D eigenvalue weighted by Crippen LogP contribution is 2.40. The zero-order valence-corrected chi connectivity index (χ0v) is 22.9. The minimum Gasteiger partial charge on any atom is -0.478 e. The summed E-state index contributed by atoms with van der Waals surface area (Å²) in [7, 11) is -2.84. The molecule has 2 rings (SSSR count). The van der Waals surface area contributed by atoms with Gasteiger partial charge >= 0.3 is 25.8 Å². The van der Waals surface area contributed by atoms with Crippen LogP contribution >= 0.6 is 112 Å². The maximum atomic E-state index is 10.6. The van der Waals surface area contributed by atoms with Gasteiger partial charge in [0.1, 0.15) is 0 Å². The molecule has 0 spiro atoms. The lowest BCUT2D eigenvalue weighted by Gasteiger charge is -2.05. The molecular formula is C16H9Cl9O7P+. The van der Waals surface area contributed by atoms with Crippen LogP contribution < -0.4 is 0 Å². The van der Waals surface area contributed by atoms with Gasteiger partial charge in [0.2, 0.25) is 0 Å². The van der Waals surface area contributed by atoms with E-state index in [0.29, 0.717) is 0 Å². The molecule has 182 valence electrons. The Morgan fingerprint density at radius 1 is 0.758 bits per heavy atom. The second-order valence-electron chi connectivity index (χ2n) is 5.27. The number of rotatable bonds is 3. The van der Waals surface area contributed by atoms with Gasteiger partial charge in [-0.2, -0.15) is 4.89 Å². The normalized spacial score (nSPS) is 11.9. The fourth-order valence-electron chi connectivity index (χ4n) is 1.54. The smallest absolute Gasteiger partial charge is 0.478 e. The molecule has 33 heavy (non-hydrogen) atoms. The van der Waals surface area contributed by atoms with Crippen LogP contribution in [0.1, 0.15) is 20.7 Å². The van der Waals surface area contributed by atoms with Crippen molar-refractivity contribution < 1.29 is 34.4 Å². The van der Waals surface area contributed by atoms with E-state index in [1.165, 1.54) is 24.3 Å². The summed E-state index contributed by atoms with van der Waals surface area (Å²) >= 11 is 48.6. The zero-order valence-electron chi connectivity index (χ0n) is 15.2. The molecule has 0 fully saturated rings. The van der Waals surface area contributed by atoms with E-state index in [-0.39, 0.29) is 41.3 Å². The molecule has 0 saturated heterocycles. The zero-order chi connectivity index (χ0) is 26.3. The topological polar surface area (TPSA) is 132 Å². The molecule has 4 N–H and O–H groups in total.